The molecule has 6 heteroatoms. The summed E-state index contributed by atoms with van der Waals surface area (Å²) in [6.45, 7) is 4.18. The largest absolute Gasteiger partial charge is 0.493 e. The predicted molar refractivity (Wildman–Crippen MR) is 104 cm³/mol. The summed E-state index contributed by atoms with van der Waals surface area (Å²) in [6, 6.07) is 10.7. The number of hydrogen-bond acceptors (Lipinski definition) is 3. The third kappa shape index (κ3) is 5.23. The summed E-state index contributed by atoms with van der Waals surface area (Å²) in [5, 5.41) is 6.12. The van der Waals surface area contributed by atoms with E-state index in [-0.39, 0.29) is 11.8 Å². The van der Waals surface area contributed by atoms with Crippen LogP contribution in [0.25, 0.3) is 0 Å². The van der Waals surface area contributed by atoms with Crippen LogP contribution in [0.1, 0.15) is 34.3 Å². The highest BCUT2D eigenvalue weighted by Gasteiger charge is 2.12. The van der Waals surface area contributed by atoms with Crippen LogP contribution in [0.2, 0.25) is 5.02 Å². The van der Waals surface area contributed by atoms with Crippen molar-refractivity contribution in [3.8, 4) is 5.75 Å². The number of nitrogens with one attached hydrogen (secondary N) is 2. The standard InChI is InChI=1S/C20H23ClN2O3/c1-13-12-15(21)9-10-18(13)26-11-5-8-19(24)23-17-7-4-6-16(14(17)2)20(25)22-3/h4,6-7,9-10,12H,5,8,11H2,1-3H3,(H,22,25)(H,23,24). The molecule has 0 aromatic heterocycles. The number of amides is 2. The Balaban J connectivity index is 1.85. The molecule has 0 atom stereocenters. The van der Waals surface area contributed by atoms with Crippen molar-refractivity contribution in [2.24, 2.45) is 0 Å². The first-order chi connectivity index (χ1) is 12.4. The fourth-order valence-corrected chi connectivity index (χ4v) is 2.78. The van der Waals surface area contributed by atoms with Crippen LogP contribution in [-0.2, 0) is 4.79 Å². The molecule has 2 amide bonds. The van der Waals surface area contributed by atoms with Crippen LogP contribution in [0.15, 0.2) is 36.4 Å². The van der Waals surface area contributed by atoms with Gasteiger partial charge in [-0.2, -0.15) is 0 Å². The van der Waals surface area contributed by atoms with Crippen LogP contribution >= 0.6 is 11.6 Å². The maximum absolute atomic E-state index is 12.2. The van der Waals surface area contributed by atoms with Crippen LogP contribution in [0, 0.1) is 13.8 Å². The van der Waals surface area contributed by atoms with Gasteiger partial charge >= 0.3 is 0 Å². The molecule has 0 fully saturated rings. The highest BCUT2D eigenvalue weighted by molar-refractivity contribution is 6.30. The molecule has 0 radical (unpaired) electrons. The number of carbonyl (C=O) groups is 2. The summed E-state index contributed by atoms with van der Waals surface area (Å²) < 4.78 is 5.69. The zero-order chi connectivity index (χ0) is 19.1. The monoisotopic (exact) mass is 374 g/mol. The number of anilines is 1. The van der Waals surface area contributed by atoms with Crippen LogP contribution < -0.4 is 15.4 Å². The summed E-state index contributed by atoms with van der Waals surface area (Å²) in [5.41, 5.74) is 2.90. The average molecular weight is 375 g/mol. The molecule has 0 saturated carbocycles. The van der Waals surface area contributed by atoms with Gasteiger partial charge in [0.15, 0.2) is 0 Å². The van der Waals surface area contributed by atoms with Crippen molar-refractivity contribution in [2.45, 2.75) is 26.7 Å². The van der Waals surface area contributed by atoms with Crippen molar-refractivity contribution in [2.75, 3.05) is 19.0 Å². The molecule has 0 bridgehead atoms. The minimum atomic E-state index is -0.176. The predicted octanol–water partition coefficient (Wildman–Crippen LogP) is 4.11. The second-order valence-corrected chi connectivity index (χ2v) is 6.40. The van der Waals surface area contributed by atoms with E-state index >= 15 is 0 Å². The molecular formula is C20H23ClN2O3. The van der Waals surface area contributed by atoms with Crippen LogP contribution in [0.3, 0.4) is 0 Å². The van der Waals surface area contributed by atoms with Crippen LogP contribution in [0.5, 0.6) is 5.75 Å². The molecule has 0 aliphatic heterocycles. The van der Waals surface area contributed by atoms with Gasteiger partial charge in [0.25, 0.3) is 5.91 Å². The van der Waals surface area contributed by atoms with Gasteiger partial charge in [-0.1, -0.05) is 17.7 Å². The van der Waals surface area contributed by atoms with Crippen molar-refractivity contribution in [1.82, 2.24) is 5.32 Å². The number of benzene rings is 2. The Morgan fingerprint density at radius 2 is 1.92 bits per heavy atom. The summed E-state index contributed by atoms with van der Waals surface area (Å²) in [6.07, 6.45) is 0.915. The van der Waals surface area contributed by atoms with Gasteiger partial charge in [0, 0.05) is 29.7 Å². The van der Waals surface area contributed by atoms with Gasteiger partial charge in [-0.15, -0.1) is 0 Å². The van der Waals surface area contributed by atoms with E-state index < -0.39 is 0 Å². The average Bonchev–Trinajstić information content (AvgIpc) is 2.61. The Kier molecular flexibility index (Phi) is 7.04. The van der Waals surface area contributed by atoms with Gasteiger partial charge in [0.1, 0.15) is 5.75 Å². The minimum Gasteiger partial charge on any atom is -0.493 e. The molecule has 2 aromatic carbocycles. The molecule has 26 heavy (non-hydrogen) atoms. The topological polar surface area (TPSA) is 67.4 Å². The molecule has 5 nitrogen and oxygen atoms in total. The Labute approximate surface area is 158 Å². The number of halogens is 1. The van der Waals surface area contributed by atoms with E-state index in [1.54, 1.807) is 31.3 Å². The minimum absolute atomic E-state index is 0.112. The first-order valence-electron chi connectivity index (χ1n) is 8.43. The fraction of sp³-hybridized carbons (Fsp3) is 0.300. The molecule has 138 valence electrons. The van der Waals surface area contributed by atoms with Gasteiger partial charge in [0.05, 0.1) is 6.61 Å². The third-order valence-corrected chi connectivity index (χ3v) is 4.26. The molecule has 0 aliphatic carbocycles. The van der Waals surface area contributed by atoms with E-state index in [0.717, 1.165) is 16.9 Å². The Bertz CT molecular complexity index is 806. The van der Waals surface area contributed by atoms with Crippen LogP contribution in [0.4, 0.5) is 5.69 Å². The summed E-state index contributed by atoms with van der Waals surface area (Å²) >= 11 is 5.92. The van der Waals surface area contributed by atoms with E-state index in [9.17, 15) is 9.59 Å². The van der Waals surface area contributed by atoms with E-state index in [1.165, 1.54) is 0 Å². The van der Waals surface area contributed by atoms with Crippen molar-refractivity contribution < 1.29 is 14.3 Å². The number of hydrogen-bond donors (Lipinski definition) is 2. The number of ether oxygens (including phenoxy) is 1. The Hall–Kier alpha value is -2.53. The van der Waals surface area contributed by atoms with E-state index in [1.807, 2.05) is 26.0 Å². The Morgan fingerprint density at radius 3 is 2.62 bits per heavy atom. The lowest BCUT2D eigenvalue weighted by atomic mass is 10.1. The van der Waals surface area contributed by atoms with Crippen molar-refractivity contribution in [1.29, 1.82) is 0 Å². The van der Waals surface area contributed by atoms with E-state index in [0.29, 0.717) is 35.7 Å². The molecule has 2 aromatic rings. The van der Waals surface area contributed by atoms with Crippen LogP contribution in [-0.4, -0.2) is 25.5 Å². The number of carbonyl (C=O) groups excluding carboxylic acids is 2. The first kappa shape index (κ1) is 19.8. The SMILES string of the molecule is CNC(=O)c1cccc(NC(=O)CCCOc2ccc(Cl)cc2C)c1C. The highest BCUT2D eigenvalue weighted by Crippen LogP contribution is 2.22. The molecule has 2 N–H and O–H groups in total. The normalized spacial score (nSPS) is 10.3. The van der Waals surface area contributed by atoms with E-state index in [2.05, 4.69) is 10.6 Å². The second-order valence-electron chi connectivity index (χ2n) is 5.97. The molecule has 0 heterocycles. The summed E-state index contributed by atoms with van der Waals surface area (Å²) in [5.74, 6) is 0.479. The van der Waals surface area contributed by atoms with Gasteiger partial charge in [-0.25, -0.2) is 0 Å². The molecule has 0 saturated heterocycles. The third-order valence-electron chi connectivity index (χ3n) is 4.02. The molecule has 0 aliphatic rings. The second kappa shape index (κ2) is 9.25. The lowest BCUT2D eigenvalue weighted by Crippen LogP contribution is -2.20. The smallest absolute Gasteiger partial charge is 0.251 e. The zero-order valence-corrected chi connectivity index (χ0v) is 15.9. The molecule has 0 spiro atoms. The Morgan fingerprint density at radius 1 is 1.15 bits per heavy atom. The van der Waals surface area contributed by atoms with E-state index in [4.69, 9.17) is 16.3 Å². The summed E-state index contributed by atoms with van der Waals surface area (Å²) in [4.78, 5) is 24.0. The maximum atomic E-state index is 12.2. The van der Waals surface area contributed by atoms with Gasteiger partial charge in [0.2, 0.25) is 5.91 Å². The van der Waals surface area contributed by atoms with Crippen molar-refractivity contribution in [3.63, 3.8) is 0 Å². The quantitative estimate of drug-likeness (QED) is 0.716. The highest BCUT2D eigenvalue weighted by atomic mass is 35.5. The molecular weight excluding hydrogens is 352 g/mol. The number of aryl methyl sites for hydroxylation is 1. The van der Waals surface area contributed by atoms with Crippen molar-refractivity contribution >= 4 is 29.1 Å². The zero-order valence-electron chi connectivity index (χ0n) is 15.2. The first-order valence-corrected chi connectivity index (χ1v) is 8.80. The van der Waals surface area contributed by atoms with Gasteiger partial charge in [-0.3, -0.25) is 9.59 Å². The lowest BCUT2D eigenvalue weighted by Gasteiger charge is -2.12. The number of rotatable bonds is 7. The lowest BCUT2D eigenvalue weighted by molar-refractivity contribution is -0.116. The van der Waals surface area contributed by atoms with Crippen molar-refractivity contribution in [3.05, 3.63) is 58.1 Å². The maximum Gasteiger partial charge on any atom is 0.251 e. The fourth-order valence-electron chi connectivity index (χ4n) is 2.55. The van der Waals surface area contributed by atoms with Gasteiger partial charge < -0.3 is 15.4 Å². The molecule has 0 unspecified atom stereocenters. The van der Waals surface area contributed by atoms with Gasteiger partial charge in [-0.05, 0) is 61.7 Å². The molecule has 2 rings (SSSR count). The summed E-state index contributed by atoms with van der Waals surface area (Å²) in [7, 11) is 1.58.